The highest BCUT2D eigenvalue weighted by Gasteiger charge is 2.27. The SMILES string of the molecule is O=C1CC(C(=O)NCc2ccc(F)cc2F)CN1. The van der Waals surface area contributed by atoms with Crippen LogP contribution in [0, 0.1) is 17.6 Å². The number of nitrogens with one attached hydrogen (secondary N) is 2. The van der Waals surface area contributed by atoms with Gasteiger partial charge < -0.3 is 10.6 Å². The van der Waals surface area contributed by atoms with Crippen LogP contribution in [0.3, 0.4) is 0 Å². The van der Waals surface area contributed by atoms with Crippen LogP contribution in [0.1, 0.15) is 12.0 Å². The fraction of sp³-hybridized carbons (Fsp3) is 0.333. The quantitative estimate of drug-likeness (QED) is 0.835. The van der Waals surface area contributed by atoms with E-state index in [0.717, 1.165) is 12.1 Å². The number of carbonyl (C=O) groups excluding carboxylic acids is 2. The van der Waals surface area contributed by atoms with Gasteiger partial charge >= 0.3 is 0 Å². The summed E-state index contributed by atoms with van der Waals surface area (Å²) in [7, 11) is 0. The van der Waals surface area contributed by atoms with E-state index in [0.29, 0.717) is 6.54 Å². The first-order valence-corrected chi connectivity index (χ1v) is 5.54. The molecule has 1 fully saturated rings. The summed E-state index contributed by atoms with van der Waals surface area (Å²) in [4.78, 5) is 22.6. The lowest BCUT2D eigenvalue weighted by Crippen LogP contribution is -2.31. The van der Waals surface area contributed by atoms with Crippen LogP contribution in [0.15, 0.2) is 18.2 Å². The van der Waals surface area contributed by atoms with Crippen LogP contribution in [0.2, 0.25) is 0 Å². The maximum atomic E-state index is 13.3. The van der Waals surface area contributed by atoms with E-state index in [9.17, 15) is 18.4 Å². The molecule has 1 aromatic carbocycles. The molecule has 0 saturated carbocycles. The maximum absolute atomic E-state index is 13.3. The van der Waals surface area contributed by atoms with Gasteiger partial charge in [0.15, 0.2) is 0 Å². The fourth-order valence-corrected chi connectivity index (χ4v) is 1.78. The largest absolute Gasteiger partial charge is 0.355 e. The van der Waals surface area contributed by atoms with Crippen LogP contribution in [0.4, 0.5) is 8.78 Å². The van der Waals surface area contributed by atoms with Crippen LogP contribution >= 0.6 is 0 Å². The van der Waals surface area contributed by atoms with Gasteiger partial charge in [0.05, 0.1) is 5.92 Å². The molecule has 18 heavy (non-hydrogen) atoms. The minimum atomic E-state index is -0.698. The second kappa shape index (κ2) is 5.12. The summed E-state index contributed by atoms with van der Waals surface area (Å²) in [5, 5.41) is 5.07. The summed E-state index contributed by atoms with van der Waals surface area (Å²) in [6, 6.07) is 3.18. The Morgan fingerprint density at radius 3 is 2.83 bits per heavy atom. The summed E-state index contributed by atoms with van der Waals surface area (Å²) < 4.78 is 25.9. The van der Waals surface area contributed by atoms with Crippen LogP contribution in [-0.4, -0.2) is 18.4 Å². The molecule has 6 heteroatoms. The molecule has 1 aliphatic rings. The van der Waals surface area contributed by atoms with Gasteiger partial charge in [-0.1, -0.05) is 6.07 Å². The molecule has 1 aliphatic heterocycles. The monoisotopic (exact) mass is 254 g/mol. The first kappa shape index (κ1) is 12.5. The van der Waals surface area contributed by atoms with E-state index in [1.807, 2.05) is 0 Å². The van der Waals surface area contributed by atoms with Gasteiger partial charge in [-0.2, -0.15) is 0 Å². The molecule has 2 N–H and O–H groups in total. The molecule has 0 bridgehead atoms. The normalized spacial score (nSPS) is 18.6. The Morgan fingerprint density at radius 2 is 2.22 bits per heavy atom. The average Bonchev–Trinajstić information content (AvgIpc) is 2.74. The number of benzene rings is 1. The summed E-state index contributed by atoms with van der Waals surface area (Å²) >= 11 is 0. The van der Waals surface area contributed by atoms with Crippen molar-refractivity contribution in [3.05, 3.63) is 35.4 Å². The summed E-state index contributed by atoms with van der Waals surface area (Å²) in [6.45, 7) is 0.284. The Morgan fingerprint density at radius 1 is 1.44 bits per heavy atom. The van der Waals surface area contributed by atoms with Crippen molar-refractivity contribution in [2.45, 2.75) is 13.0 Å². The van der Waals surface area contributed by atoms with Gasteiger partial charge in [0.2, 0.25) is 11.8 Å². The van der Waals surface area contributed by atoms with Crippen LogP contribution in [-0.2, 0) is 16.1 Å². The molecule has 1 saturated heterocycles. The zero-order valence-corrected chi connectivity index (χ0v) is 9.50. The van der Waals surface area contributed by atoms with Crippen molar-refractivity contribution < 1.29 is 18.4 Å². The second-order valence-electron chi connectivity index (χ2n) is 4.16. The summed E-state index contributed by atoms with van der Waals surface area (Å²) in [6.07, 6.45) is 0.151. The van der Waals surface area contributed by atoms with Gasteiger partial charge in [-0.05, 0) is 6.07 Å². The molecule has 0 aliphatic carbocycles. The molecule has 2 amide bonds. The number of hydrogen-bond acceptors (Lipinski definition) is 2. The van der Waals surface area contributed by atoms with Crippen molar-refractivity contribution in [2.75, 3.05) is 6.54 Å². The number of halogens is 2. The van der Waals surface area contributed by atoms with Crippen molar-refractivity contribution in [2.24, 2.45) is 5.92 Å². The molecule has 96 valence electrons. The van der Waals surface area contributed by atoms with E-state index in [2.05, 4.69) is 10.6 Å². The zero-order valence-electron chi connectivity index (χ0n) is 9.50. The molecule has 0 radical (unpaired) electrons. The highest BCUT2D eigenvalue weighted by atomic mass is 19.1. The predicted molar refractivity (Wildman–Crippen MR) is 59.3 cm³/mol. The fourth-order valence-electron chi connectivity index (χ4n) is 1.78. The third-order valence-electron chi connectivity index (χ3n) is 2.82. The molecular formula is C12H12F2N2O2. The maximum Gasteiger partial charge on any atom is 0.225 e. The number of rotatable bonds is 3. The molecular weight excluding hydrogens is 242 g/mol. The van der Waals surface area contributed by atoms with E-state index in [-0.39, 0.29) is 30.3 Å². The van der Waals surface area contributed by atoms with E-state index in [1.54, 1.807) is 0 Å². The van der Waals surface area contributed by atoms with Crippen LogP contribution in [0.5, 0.6) is 0 Å². The first-order chi connectivity index (χ1) is 8.56. The lowest BCUT2D eigenvalue weighted by molar-refractivity contribution is -0.126. The molecule has 0 spiro atoms. The average molecular weight is 254 g/mol. The minimum absolute atomic E-state index is 0.0182. The van der Waals surface area contributed by atoms with Gasteiger partial charge in [-0.3, -0.25) is 9.59 Å². The van der Waals surface area contributed by atoms with Crippen LogP contribution in [0.25, 0.3) is 0 Å². The Kier molecular flexibility index (Phi) is 3.55. The molecule has 2 rings (SSSR count). The smallest absolute Gasteiger partial charge is 0.225 e. The second-order valence-corrected chi connectivity index (χ2v) is 4.16. The van der Waals surface area contributed by atoms with Crippen molar-refractivity contribution >= 4 is 11.8 Å². The van der Waals surface area contributed by atoms with E-state index >= 15 is 0 Å². The van der Waals surface area contributed by atoms with Crippen molar-refractivity contribution in [1.82, 2.24) is 10.6 Å². The third-order valence-corrected chi connectivity index (χ3v) is 2.82. The highest BCUT2D eigenvalue weighted by molar-refractivity contribution is 5.89. The van der Waals surface area contributed by atoms with Crippen molar-refractivity contribution in [3.63, 3.8) is 0 Å². The Hall–Kier alpha value is -1.98. The van der Waals surface area contributed by atoms with E-state index in [4.69, 9.17) is 0 Å². The standard InChI is InChI=1S/C12H12F2N2O2/c13-9-2-1-7(10(14)4-9)5-16-12(18)8-3-11(17)15-6-8/h1-2,4,8H,3,5-6H2,(H,15,17)(H,16,18). The number of amides is 2. The van der Waals surface area contributed by atoms with Crippen molar-refractivity contribution in [3.8, 4) is 0 Å². The zero-order chi connectivity index (χ0) is 13.1. The lowest BCUT2D eigenvalue weighted by Gasteiger charge is -2.09. The van der Waals surface area contributed by atoms with Gasteiger partial charge in [-0.15, -0.1) is 0 Å². The number of carbonyl (C=O) groups is 2. The third kappa shape index (κ3) is 2.82. The van der Waals surface area contributed by atoms with Gasteiger partial charge in [0.25, 0.3) is 0 Å². The molecule has 1 unspecified atom stereocenters. The lowest BCUT2D eigenvalue weighted by atomic mass is 10.1. The molecule has 4 nitrogen and oxygen atoms in total. The minimum Gasteiger partial charge on any atom is -0.355 e. The Labute approximate surface area is 102 Å². The summed E-state index contributed by atoms with van der Waals surface area (Å²) in [5.74, 6) is -2.25. The van der Waals surface area contributed by atoms with E-state index in [1.165, 1.54) is 6.07 Å². The van der Waals surface area contributed by atoms with Gasteiger partial charge in [-0.25, -0.2) is 8.78 Å². The summed E-state index contributed by atoms with van der Waals surface area (Å²) in [5.41, 5.74) is 0.210. The van der Waals surface area contributed by atoms with Crippen LogP contribution < -0.4 is 10.6 Å². The molecule has 1 heterocycles. The Bertz CT molecular complexity index is 491. The predicted octanol–water partition coefficient (Wildman–Crippen LogP) is 0.717. The van der Waals surface area contributed by atoms with Gasteiger partial charge in [0.1, 0.15) is 11.6 Å². The van der Waals surface area contributed by atoms with Crippen molar-refractivity contribution in [1.29, 1.82) is 0 Å². The number of hydrogen-bond donors (Lipinski definition) is 2. The molecule has 0 aromatic heterocycles. The van der Waals surface area contributed by atoms with Gasteiger partial charge in [0, 0.05) is 31.1 Å². The Balaban J connectivity index is 1.91. The van der Waals surface area contributed by atoms with E-state index < -0.39 is 17.6 Å². The topological polar surface area (TPSA) is 58.2 Å². The molecule has 1 atom stereocenters. The molecule has 1 aromatic rings. The first-order valence-electron chi connectivity index (χ1n) is 5.54. The highest BCUT2D eigenvalue weighted by Crippen LogP contribution is 2.11.